The molecule has 3 nitrogen and oxygen atoms in total. The average molecular weight is 465 g/mol. The Morgan fingerprint density at radius 1 is 0.931 bits per heavy atom. The highest BCUT2D eigenvalue weighted by atomic mass is 35.5. The van der Waals surface area contributed by atoms with Crippen LogP contribution in [0.3, 0.4) is 0 Å². The molecule has 7 heteroatoms. The van der Waals surface area contributed by atoms with Crippen LogP contribution in [0.25, 0.3) is 0 Å². The van der Waals surface area contributed by atoms with Crippen LogP contribution < -0.4 is 9.64 Å². The number of benzene rings is 3. The van der Waals surface area contributed by atoms with Gasteiger partial charge in [0.15, 0.2) is 0 Å². The summed E-state index contributed by atoms with van der Waals surface area (Å²) in [5, 5.41) is 1.63. The summed E-state index contributed by atoms with van der Waals surface area (Å²) in [4.78, 5) is 14.4. The van der Waals surface area contributed by atoms with Gasteiger partial charge in [-0.3, -0.25) is 9.69 Å². The second kappa shape index (κ2) is 8.88. The first-order valence-electron chi connectivity index (χ1n) is 8.87. The minimum atomic E-state index is -0.239. The van der Waals surface area contributed by atoms with Gasteiger partial charge in [-0.25, -0.2) is 0 Å². The molecule has 29 heavy (non-hydrogen) atoms. The zero-order chi connectivity index (χ0) is 20.4. The van der Waals surface area contributed by atoms with Crippen LogP contribution in [0.15, 0.2) is 66.7 Å². The molecule has 1 fully saturated rings. The number of thioether (sulfide) groups is 1. The lowest BCUT2D eigenvalue weighted by Crippen LogP contribution is -2.28. The normalized spacial score (nSPS) is 16.3. The van der Waals surface area contributed by atoms with Crippen molar-refractivity contribution in [1.29, 1.82) is 0 Å². The Kier molecular flexibility index (Phi) is 6.26. The molecule has 1 aliphatic rings. The number of carbonyl (C=O) groups excluding carboxylic acids is 1. The van der Waals surface area contributed by atoms with Crippen molar-refractivity contribution in [3.63, 3.8) is 0 Å². The standard InChI is InChI=1S/C22H16Cl3NO2S/c23-15-4-7-18(8-5-15)26-21(27)13-29-22(26)19-11-17(25)6-9-20(19)28-12-14-2-1-3-16(24)10-14/h1-11,22H,12-13H2/t22-/m1/s1. The van der Waals surface area contributed by atoms with E-state index in [4.69, 9.17) is 39.5 Å². The van der Waals surface area contributed by atoms with E-state index < -0.39 is 0 Å². The third-order valence-electron chi connectivity index (χ3n) is 4.49. The van der Waals surface area contributed by atoms with Gasteiger partial charge < -0.3 is 4.74 Å². The quantitative estimate of drug-likeness (QED) is 0.407. The fraction of sp³-hybridized carbons (Fsp3) is 0.136. The van der Waals surface area contributed by atoms with Gasteiger partial charge in [-0.05, 0) is 60.2 Å². The van der Waals surface area contributed by atoms with Crippen molar-refractivity contribution in [2.75, 3.05) is 10.7 Å². The van der Waals surface area contributed by atoms with E-state index in [1.165, 1.54) is 0 Å². The van der Waals surface area contributed by atoms with E-state index in [1.807, 2.05) is 48.5 Å². The molecule has 0 spiro atoms. The molecule has 0 radical (unpaired) electrons. The molecule has 148 valence electrons. The number of anilines is 1. The van der Waals surface area contributed by atoms with E-state index in [9.17, 15) is 4.79 Å². The van der Waals surface area contributed by atoms with E-state index in [0.717, 1.165) is 16.8 Å². The second-order valence-electron chi connectivity index (χ2n) is 6.50. The van der Waals surface area contributed by atoms with Crippen molar-refractivity contribution in [3.8, 4) is 5.75 Å². The van der Waals surface area contributed by atoms with Crippen molar-refractivity contribution in [2.45, 2.75) is 12.0 Å². The molecule has 0 aromatic heterocycles. The Hall–Kier alpha value is -1.85. The SMILES string of the molecule is O=C1CS[C@H](c2cc(Cl)ccc2OCc2cccc(Cl)c2)N1c1ccc(Cl)cc1. The number of rotatable bonds is 5. The molecule has 0 saturated carbocycles. The van der Waals surface area contributed by atoms with Crippen molar-refractivity contribution in [1.82, 2.24) is 0 Å². The third kappa shape index (κ3) is 4.67. The number of hydrogen-bond donors (Lipinski definition) is 0. The first-order valence-corrected chi connectivity index (χ1v) is 11.1. The lowest BCUT2D eigenvalue weighted by atomic mass is 10.1. The minimum absolute atomic E-state index is 0.0306. The number of hydrogen-bond acceptors (Lipinski definition) is 3. The number of halogens is 3. The van der Waals surface area contributed by atoms with Gasteiger partial charge in [0.1, 0.15) is 17.7 Å². The molecular formula is C22H16Cl3NO2S. The van der Waals surface area contributed by atoms with E-state index in [-0.39, 0.29) is 11.3 Å². The number of ether oxygens (including phenoxy) is 1. The highest BCUT2D eigenvalue weighted by molar-refractivity contribution is 8.00. The van der Waals surface area contributed by atoms with Gasteiger partial charge in [0.05, 0.1) is 5.75 Å². The lowest BCUT2D eigenvalue weighted by Gasteiger charge is -2.26. The van der Waals surface area contributed by atoms with Crippen LogP contribution in [-0.4, -0.2) is 11.7 Å². The van der Waals surface area contributed by atoms with Crippen LogP contribution in [0.2, 0.25) is 15.1 Å². The maximum Gasteiger partial charge on any atom is 0.238 e. The average Bonchev–Trinajstić information content (AvgIpc) is 3.09. The fourth-order valence-corrected chi connectivity index (χ4v) is 4.88. The smallest absolute Gasteiger partial charge is 0.238 e. The second-order valence-corrected chi connectivity index (χ2v) is 8.88. The number of carbonyl (C=O) groups is 1. The summed E-state index contributed by atoms with van der Waals surface area (Å²) in [6.07, 6.45) is 0. The van der Waals surface area contributed by atoms with Gasteiger partial charge in [0, 0.05) is 26.3 Å². The Morgan fingerprint density at radius 2 is 1.66 bits per heavy atom. The summed E-state index contributed by atoms with van der Waals surface area (Å²) >= 11 is 19.9. The predicted molar refractivity (Wildman–Crippen MR) is 121 cm³/mol. The molecule has 1 saturated heterocycles. The zero-order valence-electron chi connectivity index (χ0n) is 15.1. The molecule has 0 unspecified atom stereocenters. The lowest BCUT2D eigenvalue weighted by molar-refractivity contribution is -0.115. The van der Waals surface area contributed by atoms with Crippen LogP contribution in [0, 0.1) is 0 Å². The Labute approximate surface area is 188 Å². The van der Waals surface area contributed by atoms with Gasteiger partial charge in [-0.2, -0.15) is 0 Å². The van der Waals surface area contributed by atoms with Crippen LogP contribution in [0.1, 0.15) is 16.5 Å². The third-order valence-corrected chi connectivity index (χ3v) is 6.41. The van der Waals surface area contributed by atoms with Crippen molar-refractivity contribution < 1.29 is 9.53 Å². The molecule has 0 N–H and O–H groups in total. The van der Waals surface area contributed by atoms with Crippen molar-refractivity contribution in [3.05, 3.63) is 92.9 Å². The molecule has 1 atom stereocenters. The van der Waals surface area contributed by atoms with Crippen LogP contribution in [-0.2, 0) is 11.4 Å². The maximum absolute atomic E-state index is 12.6. The number of nitrogens with zero attached hydrogens (tertiary/aromatic N) is 1. The molecule has 4 rings (SSSR count). The predicted octanol–water partition coefficient (Wildman–Crippen LogP) is 7.00. The van der Waals surface area contributed by atoms with Crippen LogP contribution >= 0.6 is 46.6 Å². The van der Waals surface area contributed by atoms with Crippen molar-refractivity contribution in [2.24, 2.45) is 0 Å². The molecule has 3 aromatic carbocycles. The van der Waals surface area contributed by atoms with E-state index in [2.05, 4.69) is 0 Å². The molecular weight excluding hydrogens is 449 g/mol. The van der Waals surface area contributed by atoms with Gasteiger partial charge in [0.2, 0.25) is 5.91 Å². The largest absolute Gasteiger partial charge is 0.489 e. The van der Waals surface area contributed by atoms with Gasteiger partial charge in [-0.1, -0.05) is 46.9 Å². The van der Waals surface area contributed by atoms with Gasteiger partial charge in [-0.15, -0.1) is 11.8 Å². The first kappa shape index (κ1) is 20.4. The molecule has 0 bridgehead atoms. The summed E-state index contributed by atoms with van der Waals surface area (Å²) < 4.78 is 6.09. The number of amides is 1. The fourth-order valence-electron chi connectivity index (χ4n) is 3.17. The van der Waals surface area contributed by atoms with E-state index in [0.29, 0.717) is 33.2 Å². The monoisotopic (exact) mass is 463 g/mol. The first-order chi connectivity index (χ1) is 14.0. The Morgan fingerprint density at radius 3 is 2.41 bits per heavy atom. The molecule has 1 aliphatic heterocycles. The zero-order valence-corrected chi connectivity index (χ0v) is 18.2. The van der Waals surface area contributed by atoms with Gasteiger partial charge in [0.25, 0.3) is 0 Å². The Balaban J connectivity index is 1.65. The summed E-state index contributed by atoms with van der Waals surface area (Å²) in [5.41, 5.74) is 2.60. The summed E-state index contributed by atoms with van der Waals surface area (Å²) in [6.45, 7) is 0.363. The van der Waals surface area contributed by atoms with Crippen molar-refractivity contribution >= 4 is 58.2 Å². The summed E-state index contributed by atoms with van der Waals surface area (Å²) in [6, 6.07) is 20.2. The topological polar surface area (TPSA) is 29.5 Å². The highest BCUT2D eigenvalue weighted by Crippen LogP contribution is 2.45. The summed E-state index contributed by atoms with van der Waals surface area (Å²) in [5.74, 6) is 1.09. The Bertz CT molecular complexity index is 1040. The van der Waals surface area contributed by atoms with E-state index >= 15 is 0 Å². The molecule has 3 aromatic rings. The molecule has 1 amide bonds. The van der Waals surface area contributed by atoms with E-state index in [1.54, 1.807) is 34.9 Å². The minimum Gasteiger partial charge on any atom is -0.489 e. The van der Waals surface area contributed by atoms with Gasteiger partial charge >= 0.3 is 0 Å². The molecule has 1 heterocycles. The summed E-state index contributed by atoms with van der Waals surface area (Å²) in [7, 11) is 0. The van der Waals surface area contributed by atoms with Crippen LogP contribution in [0.5, 0.6) is 5.75 Å². The maximum atomic E-state index is 12.6. The molecule has 0 aliphatic carbocycles. The highest BCUT2D eigenvalue weighted by Gasteiger charge is 2.36. The van der Waals surface area contributed by atoms with Crippen LogP contribution in [0.4, 0.5) is 5.69 Å².